The van der Waals surface area contributed by atoms with Crippen molar-refractivity contribution in [1.29, 1.82) is 0 Å². The predicted octanol–water partition coefficient (Wildman–Crippen LogP) is 1.50. The van der Waals surface area contributed by atoms with Gasteiger partial charge in [0.2, 0.25) is 0 Å². The van der Waals surface area contributed by atoms with Crippen molar-refractivity contribution < 1.29 is 14.9 Å². The Balaban J connectivity index is 1.23. The molecule has 10 nitrogen and oxygen atoms in total. The molecule has 0 radical (unpaired) electrons. The predicted molar refractivity (Wildman–Crippen MR) is 131 cm³/mol. The van der Waals surface area contributed by atoms with E-state index in [-0.39, 0.29) is 6.04 Å². The maximum absolute atomic E-state index is 11.0. The van der Waals surface area contributed by atoms with Crippen molar-refractivity contribution in [3.8, 4) is 0 Å². The van der Waals surface area contributed by atoms with Gasteiger partial charge in [-0.25, -0.2) is 15.0 Å². The zero-order chi connectivity index (χ0) is 23.6. The molecule has 6 rings (SSSR count). The summed E-state index contributed by atoms with van der Waals surface area (Å²) in [6.45, 7) is 0.425. The van der Waals surface area contributed by atoms with Crippen molar-refractivity contribution in [2.75, 3.05) is 18.0 Å². The average Bonchev–Trinajstić information content (AvgIpc) is 3.49. The number of halogens is 1. The molecular formula is C23H24BrN7O3. The molecule has 11 heteroatoms. The molecule has 0 aliphatic carbocycles. The molecule has 0 amide bonds. The van der Waals surface area contributed by atoms with E-state index in [0.717, 1.165) is 27.4 Å². The summed E-state index contributed by atoms with van der Waals surface area (Å²) in [6.07, 6.45) is 1.45. The van der Waals surface area contributed by atoms with Crippen LogP contribution in [0.2, 0.25) is 0 Å². The first kappa shape index (κ1) is 21.7. The maximum Gasteiger partial charge on any atom is 0.164 e. The molecule has 1 spiro atoms. The Labute approximate surface area is 203 Å². The molecule has 2 aliphatic rings. The number of nitrogens with zero attached hydrogens (tertiary/aromatic N) is 4. The number of aliphatic hydroxyl groups excluding tert-OH is 2. The van der Waals surface area contributed by atoms with Crippen LogP contribution in [0.4, 0.5) is 11.6 Å². The maximum atomic E-state index is 11.0. The first-order valence-electron chi connectivity index (χ1n) is 11.0. The molecule has 5 atom stereocenters. The number of hydrogen-bond donors (Lipinski definition) is 5. The van der Waals surface area contributed by atoms with Crippen LogP contribution < -0.4 is 16.8 Å². The van der Waals surface area contributed by atoms with E-state index in [2.05, 4.69) is 42.3 Å². The molecule has 2 saturated heterocycles. The van der Waals surface area contributed by atoms with Gasteiger partial charge in [0.05, 0.1) is 15.4 Å². The summed E-state index contributed by atoms with van der Waals surface area (Å²) in [4.78, 5) is 12.8. The van der Waals surface area contributed by atoms with Gasteiger partial charge in [0.1, 0.15) is 41.4 Å². The molecule has 5 heterocycles. The van der Waals surface area contributed by atoms with Crippen LogP contribution in [-0.4, -0.2) is 60.1 Å². The Kier molecular flexibility index (Phi) is 5.01. The van der Waals surface area contributed by atoms with E-state index in [4.69, 9.17) is 16.2 Å². The quantitative estimate of drug-likeness (QED) is 0.267. The van der Waals surface area contributed by atoms with Crippen LogP contribution in [0, 0.1) is 0 Å². The van der Waals surface area contributed by atoms with Crippen molar-refractivity contribution in [1.82, 2.24) is 24.8 Å². The van der Waals surface area contributed by atoms with E-state index < -0.39 is 24.0 Å². The van der Waals surface area contributed by atoms with Crippen LogP contribution >= 0.6 is 15.9 Å². The number of ether oxygens (including phenoxy) is 1. The highest BCUT2D eigenvalue weighted by Gasteiger charge is 2.57. The number of aliphatic hydroxyl groups is 2. The van der Waals surface area contributed by atoms with Gasteiger partial charge in [-0.05, 0) is 52.5 Å². The van der Waals surface area contributed by atoms with Crippen LogP contribution in [0.15, 0.2) is 47.3 Å². The molecule has 0 bridgehead atoms. The highest BCUT2D eigenvalue weighted by atomic mass is 79.9. The van der Waals surface area contributed by atoms with Crippen LogP contribution in [0.25, 0.3) is 21.9 Å². The average molecular weight is 526 g/mol. The van der Waals surface area contributed by atoms with Crippen molar-refractivity contribution >= 4 is 49.5 Å². The highest BCUT2D eigenvalue weighted by molar-refractivity contribution is 9.10. The first-order valence-corrected chi connectivity index (χ1v) is 11.8. The Morgan fingerprint density at radius 3 is 2.88 bits per heavy atom. The minimum absolute atomic E-state index is 0.0604. The van der Waals surface area contributed by atoms with Gasteiger partial charge in [-0.3, -0.25) is 0 Å². The van der Waals surface area contributed by atoms with Crippen molar-refractivity contribution in [2.24, 2.45) is 0 Å². The summed E-state index contributed by atoms with van der Waals surface area (Å²) in [5.74, 6) is 0.808. The fourth-order valence-corrected chi connectivity index (χ4v) is 5.55. The second-order valence-electron chi connectivity index (χ2n) is 9.10. The molecule has 3 aromatic heterocycles. The third-order valence-electron chi connectivity index (χ3n) is 6.95. The standard InChI is InChI=1S/C23H24BrN7O3/c24-15-7-12-2-1-11(6-16(12)30-20(15)26)5-13-8-23(9-27-13)18(33)17(32)22(34-23)31-4-3-14-19(25)28-10-29-21(14)31/h1-4,6-7,10,13,17-18,22,27,32-33H,5,8-9H2,(H2,26,30)(H2,25,28,29). The van der Waals surface area contributed by atoms with Crippen LogP contribution in [0.5, 0.6) is 0 Å². The van der Waals surface area contributed by atoms with Gasteiger partial charge in [-0.15, -0.1) is 0 Å². The molecule has 5 unspecified atom stereocenters. The molecule has 0 saturated carbocycles. The lowest BCUT2D eigenvalue weighted by molar-refractivity contribution is -0.0911. The van der Waals surface area contributed by atoms with Gasteiger partial charge in [0, 0.05) is 24.2 Å². The summed E-state index contributed by atoms with van der Waals surface area (Å²) < 4.78 is 8.84. The Morgan fingerprint density at radius 1 is 1.18 bits per heavy atom. The van der Waals surface area contributed by atoms with Crippen molar-refractivity contribution in [3.63, 3.8) is 0 Å². The van der Waals surface area contributed by atoms with E-state index in [0.29, 0.717) is 35.6 Å². The largest absolute Gasteiger partial charge is 0.387 e. The SMILES string of the molecule is Nc1nc2cc(CC3CC4(CN3)OC(n3ccc5c(N)ncnc53)C(O)C4O)ccc2cc1Br. The van der Waals surface area contributed by atoms with Gasteiger partial charge in [-0.1, -0.05) is 12.1 Å². The van der Waals surface area contributed by atoms with Crippen LogP contribution in [0.3, 0.4) is 0 Å². The molecule has 4 aromatic rings. The molecule has 7 N–H and O–H groups in total. The third kappa shape index (κ3) is 3.35. The Morgan fingerprint density at radius 2 is 2.03 bits per heavy atom. The lowest BCUT2D eigenvalue weighted by Crippen LogP contribution is -2.44. The zero-order valence-corrected chi connectivity index (χ0v) is 19.7. The van der Waals surface area contributed by atoms with Crippen molar-refractivity contribution in [2.45, 2.75) is 42.9 Å². The minimum Gasteiger partial charge on any atom is -0.387 e. The fraction of sp³-hybridized carbons (Fsp3) is 0.348. The number of nitrogens with one attached hydrogen (secondary N) is 1. The molecule has 176 valence electrons. The van der Waals surface area contributed by atoms with Gasteiger partial charge in [-0.2, -0.15) is 0 Å². The van der Waals surface area contributed by atoms with Gasteiger partial charge in [0.25, 0.3) is 0 Å². The summed E-state index contributed by atoms with van der Waals surface area (Å²) in [6, 6.07) is 9.93. The smallest absolute Gasteiger partial charge is 0.164 e. The summed E-state index contributed by atoms with van der Waals surface area (Å²) in [5, 5.41) is 27.1. The second kappa shape index (κ2) is 7.85. The van der Waals surface area contributed by atoms with E-state index in [9.17, 15) is 10.2 Å². The molecule has 2 fully saturated rings. The fourth-order valence-electron chi connectivity index (χ4n) is 5.22. The minimum atomic E-state index is -1.11. The molecule has 1 aromatic carbocycles. The number of nitrogens with two attached hydrogens (primary N) is 2. The molecular weight excluding hydrogens is 502 g/mol. The van der Waals surface area contributed by atoms with Crippen LogP contribution in [0.1, 0.15) is 18.2 Å². The number of pyridine rings is 1. The first-order chi connectivity index (χ1) is 16.3. The third-order valence-corrected chi connectivity index (χ3v) is 7.59. The topological polar surface area (TPSA) is 157 Å². The number of hydrogen-bond acceptors (Lipinski definition) is 9. The van der Waals surface area contributed by atoms with E-state index in [1.54, 1.807) is 16.8 Å². The number of nitrogen functional groups attached to an aromatic ring is 2. The normalized spacial score (nSPS) is 29.0. The van der Waals surface area contributed by atoms with E-state index in [1.165, 1.54) is 6.33 Å². The second-order valence-corrected chi connectivity index (χ2v) is 9.95. The van der Waals surface area contributed by atoms with Gasteiger partial charge < -0.3 is 36.3 Å². The molecule has 2 aliphatic heterocycles. The number of benzene rings is 1. The lowest BCUT2D eigenvalue weighted by atomic mass is 9.90. The highest BCUT2D eigenvalue weighted by Crippen LogP contribution is 2.43. The lowest BCUT2D eigenvalue weighted by Gasteiger charge is -2.26. The summed E-state index contributed by atoms with van der Waals surface area (Å²) in [5.41, 5.74) is 13.5. The van der Waals surface area contributed by atoms with Crippen LogP contribution in [-0.2, 0) is 11.2 Å². The zero-order valence-electron chi connectivity index (χ0n) is 18.1. The summed E-state index contributed by atoms with van der Waals surface area (Å²) in [7, 11) is 0. The number of aromatic nitrogens is 4. The Hall–Kier alpha value is -2.83. The van der Waals surface area contributed by atoms with E-state index >= 15 is 0 Å². The number of fused-ring (bicyclic) bond motifs is 2. The number of rotatable bonds is 3. The summed E-state index contributed by atoms with van der Waals surface area (Å²) >= 11 is 3.42. The van der Waals surface area contributed by atoms with Crippen molar-refractivity contribution in [3.05, 3.63) is 52.9 Å². The van der Waals surface area contributed by atoms with Gasteiger partial charge >= 0.3 is 0 Å². The number of anilines is 2. The van der Waals surface area contributed by atoms with Gasteiger partial charge in [0.15, 0.2) is 6.23 Å². The molecule has 34 heavy (non-hydrogen) atoms. The van der Waals surface area contributed by atoms with E-state index in [1.807, 2.05) is 18.2 Å². The monoisotopic (exact) mass is 525 g/mol. The Bertz CT molecular complexity index is 1410.